The highest BCUT2D eigenvalue weighted by molar-refractivity contribution is 5.92. The summed E-state index contributed by atoms with van der Waals surface area (Å²) in [5.74, 6) is 0.614. The Bertz CT molecular complexity index is 400. The van der Waals surface area contributed by atoms with E-state index >= 15 is 0 Å². The van der Waals surface area contributed by atoms with Crippen molar-refractivity contribution in [2.75, 3.05) is 25.4 Å². The van der Waals surface area contributed by atoms with Crippen LogP contribution in [0.3, 0.4) is 0 Å². The van der Waals surface area contributed by atoms with Gasteiger partial charge in [0.1, 0.15) is 11.5 Å². The van der Waals surface area contributed by atoms with Crippen LogP contribution in [0.25, 0.3) is 0 Å². The predicted molar refractivity (Wildman–Crippen MR) is 64.4 cm³/mol. The first kappa shape index (κ1) is 11.9. The molecule has 2 rings (SSSR count). The molecular weight excluding hydrogens is 218 g/mol. The molecule has 3 N–H and O–H groups in total. The van der Waals surface area contributed by atoms with Crippen LogP contribution >= 0.6 is 0 Å². The van der Waals surface area contributed by atoms with E-state index in [0.717, 1.165) is 12.8 Å². The topological polar surface area (TPSA) is 79.5 Å². The first-order valence-electron chi connectivity index (χ1n) is 5.83. The molecule has 1 aliphatic heterocycles. The van der Waals surface area contributed by atoms with E-state index in [0.29, 0.717) is 30.5 Å². The average Bonchev–Trinajstić information content (AvgIpc) is 2.38. The number of aliphatic hydroxyl groups excluding tert-OH is 1. The van der Waals surface area contributed by atoms with Gasteiger partial charge in [-0.25, -0.2) is 4.98 Å². The summed E-state index contributed by atoms with van der Waals surface area (Å²) in [6, 6.07) is 5.07. The maximum atomic E-state index is 12.1. The molecule has 1 aromatic heterocycles. The number of amides is 1. The molecule has 1 fully saturated rings. The SMILES string of the molecule is Nc1cccc(C(=O)N2CCC(CO)CC2)n1. The molecule has 5 nitrogen and oxygen atoms in total. The Hall–Kier alpha value is -1.62. The maximum Gasteiger partial charge on any atom is 0.272 e. The molecule has 17 heavy (non-hydrogen) atoms. The zero-order valence-corrected chi connectivity index (χ0v) is 9.67. The number of piperidine rings is 1. The second kappa shape index (κ2) is 5.14. The Labute approximate surface area is 100 Å². The molecule has 0 aliphatic carbocycles. The van der Waals surface area contributed by atoms with Gasteiger partial charge >= 0.3 is 0 Å². The van der Waals surface area contributed by atoms with Crippen molar-refractivity contribution in [2.24, 2.45) is 5.92 Å². The van der Waals surface area contributed by atoms with Crippen molar-refractivity contribution < 1.29 is 9.90 Å². The third kappa shape index (κ3) is 2.74. The van der Waals surface area contributed by atoms with E-state index < -0.39 is 0 Å². The van der Waals surface area contributed by atoms with Crippen molar-refractivity contribution in [2.45, 2.75) is 12.8 Å². The zero-order valence-electron chi connectivity index (χ0n) is 9.67. The van der Waals surface area contributed by atoms with E-state index in [4.69, 9.17) is 10.8 Å². The van der Waals surface area contributed by atoms with Crippen molar-refractivity contribution in [3.05, 3.63) is 23.9 Å². The highest BCUT2D eigenvalue weighted by atomic mass is 16.3. The molecule has 0 radical (unpaired) electrons. The van der Waals surface area contributed by atoms with Gasteiger partial charge in [-0.2, -0.15) is 0 Å². The first-order chi connectivity index (χ1) is 8.20. The fraction of sp³-hybridized carbons (Fsp3) is 0.500. The highest BCUT2D eigenvalue weighted by Crippen LogP contribution is 2.18. The van der Waals surface area contributed by atoms with E-state index in [2.05, 4.69) is 4.98 Å². The number of aliphatic hydroxyl groups is 1. The lowest BCUT2D eigenvalue weighted by molar-refractivity contribution is 0.0645. The molecule has 2 heterocycles. The quantitative estimate of drug-likeness (QED) is 0.782. The number of hydrogen-bond donors (Lipinski definition) is 2. The predicted octanol–water partition coefficient (Wildman–Crippen LogP) is 0.508. The molecule has 0 spiro atoms. The molecule has 0 saturated carbocycles. The van der Waals surface area contributed by atoms with Crippen LogP contribution in [-0.2, 0) is 0 Å². The molecular formula is C12H17N3O2. The van der Waals surface area contributed by atoms with Gasteiger partial charge in [0.15, 0.2) is 0 Å². The smallest absolute Gasteiger partial charge is 0.272 e. The number of aromatic nitrogens is 1. The number of pyridine rings is 1. The number of rotatable bonds is 2. The molecule has 1 amide bonds. The second-order valence-corrected chi connectivity index (χ2v) is 4.37. The Morgan fingerprint density at radius 3 is 2.76 bits per heavy atom. The van der Waals surface area contributed by atoms with Gasteiger partial charge in [-0.3, -0.25) is 4.79 Å². The highest BCUT2D eigenvalue weighted by Gasteiger charge is 2.23. The minimum atomic E-state index is -0.0753. The third-order valence-corrected chi connectivity index (χ3v) is 3.15. The van der Waals surface area contributed by atoms with Crippen molar-refractivity contribution in [1.29, 1.82) is 0 Å². The molecule has 0 atom stereocenters. The summed E-state index contributed by atoms with van der Waals surface area (Å²) in [5.41, 5.74) is 5.95. The molecule has 1 saturated heterocycles. The van der Waals surface area contributed by atoms with Gasteiger partial charge < -0.3 is 15.7 Å². The summed E-state index contributed by atoms with van der Waals surface area (Å²) in [7, 11) is 0. The van der Waals surface area contributed by atoms with Gasteiger partial charge in [0.05, 0.1) is 0 Å². The summed E-state index contributed by atoms with van der Waals surface area (Å²) >= 11 is 0. The summed E-state index contributed by atoms with van der Waals surface area (Å²) in [5, 5.41) is 9.04. The van der Waals surface area contributed by atoms with Gasteiger partial charge in [0.2, 0.25) is 0 Å². The van der Waals surface area contributed by atoms with Crippen LogP contribution < -0.4 is 5.73 Å². The molecule has 5 heteroatoms. The molecule has 92 valence electrons. The number of nitrogens with two attached hydrogens (primary N) is 1. The minimum Gasteiger partial charge on any atom is -0.396 e. The number of carbonyl (C=O) groups is 1. The average molecular weight is 235 g/mol. The van der Waals surface area contributed by atoms with Gasteiger partial charge in [-0.05, 0) is 30.9 Å². The molecule has 0 aromatic carbocycles. The molecule has 0 unspecified atom stereocenters. The van der Waals surface area contributed by atoms with Crippen molar-refractivity contribution in [3.8, 4) is 0 Å². The van der Waals surface area contributed by atoms with E-state index in [-0.39, 0.29) is 12.5 Å². The maximum absolute atomic E-state index is 12.1. The van der Waals surface area contributed by atoms with E-state index in [1.165, 1.54) is 0 Å². The van der Waals surface area contributed by atoms with E-state index in [1.807, 2.05) is 0 Å². The van der Waals surface area contributed by atoms with E-state index in [1.54, 1.807) is 23.1 Å². The monoisotopic (exact) mass is 235 g/mol. The number of nitrogens with zero attached hydrogens (tertiary/aromatic N) is 2. The van der Waals surface area contributed by atoms with Gasteiger partial charge in [-0.1, -0.05) is 6.07 Å². The van der Waals surface area contributed by atoms with Crippen LogP contribution in [0.2, 0.25) is 0 Å². The van der Waals surface area contributed by atoms with Gasteiger partial charge in [0, 0.05) is 19.7 Å². The first-order valence-corrected chi connectivity index (χ1v) is 5.83. The Kier molecular flexibility index (Phi) is 3.58. The number of nitrogen functional groups attached to an aromatic ring is 1. The minimum absolute atomic E-state index is 0.0753. The Morgan fingerprint density at radius 1 is 1.47 bits per heavy atom. The van der Waals surface area contributed by atoms with Gasteiger partial charge in [-0.15, -0.1) is 0 Å². The normalized spacial score (nSPS) is 17.1. The fourth-order valence-electron chi connectivity index (χ4n) is 2.05. The van der Waals surface area contributed by atoms with Crippen molar-refractivity contribution in [1.82, 2.24) is 9.88 Å². The van der Waals surface area contributed by atoms with Crippen LogP contribution in [0.1, 0.15) is 23.3 Å². The summed E-state index contributed by atoms with van der Waals surface area (Å²) in [4.78, 5) is 17.9. The standard InChI is InChI=1S/C12H17N3O2/c13-11-3-1-2-10(14-11)12(17)15-6-4-9(8-16)5-7-15/h1-3,9,16H,4-8H2,(H2,13,14). The lowest BCUT2D eigenvalue weighted by atomic mass is 9.98. The lowest BCUT2D eigenvalue weighted by Gasteiger charge is -2.30. The summed E-state index contributed by atoms with van der Waals surface area (Å²) in [6.45, 7) is 1.57. The number of likely N-dealkylation sites (tertiary alicyclic amines) is 1. The number of carbonyl (C=O) groups excluding carboxylic acids is 1. The lowest BCUT2D eigenvalue weighted by Crippen LogP contribution is -2.39. The van der Waals surface area contributed by atoms with E-state index in [9.17, 15) is 4.79 Å². The van der Waals surface area contributed by atoms with Crippen LogP contribution in [0.4, 0.5) is 5.82 Å². The van der Waals surface area contributed by atoms with Gasteiger partial charge in [0.25, 0.3) is 5.91 Å². The summed E-state index contributed by atoms with van der Waals surface area (Å²) < 4.78 is 0. The molecule has 1 aromatic rings. The Morgan fingerprint density at radius 2 is 2.18 bits per heavy atom. The van der Waals surface area contributed by atoms with Crippen LogP contribution in [0.15, 0.2) is 18.2 Å². The van der Waals surface area contributed by atoms with Crippen LogP contribution in [0.5, 0.6) is 0 Å². The van der Waals surface area contributed by atoms with Crippen molar-refractivity contribution >= 4 is 11.7 Å². The fourth-order valence-corrected chi connectivity index (χ4v) is 2.05. The van der Waals surface area contributed by atoms with Crippen LogP contribution in [-0.4, -0.2) is 40.6 Å². The second-order valence-electron chi connectivity index (χ2n) is 4.37. The molecule has 1 aliphatic rings. The summed E-state index contributed by atoms with van der Waals surface area (Å²) in [6.07, 6.45) is 1.70. The van der Waals surface area contributed by atoms with Crippen molar-refractivity contribution in [3.63, 3.8) is 0 Å². The zero-order chi connectivity index (χ0) is 12.3. The number of hydrogen-bond acceptors (Lipinski definition) is 4. The third-order valence-electron chi connectivity index (χ3n) is 3.15. The largest absolute Gasteiger partial charge is 0.396 e. The Balaban J connectivity index is 2.02. The van der Waals surface area contributed by atoms with Crippen LogP contribution in [0, 0.1) is 5.92 Å². The molecule has 0 bridgehead atoms. The number of anilines is 1.